The first-order chi connectivity index (χ1) is 6.09. The molecule has 1 aromatic heterocycles. The highest BCUT2D eigenvalue weighted by Crippen LogP contribution is 2.44. The number of hydrogen-bond donors (Lipinski definition) is 1. The summed E-state index contributed by atoms with van der Waals surface area (Å²) in [5.74, 6) is 0. The number of thiophene rings is 1. The van der Waals surface area contributed by atoms with Crippen molar-refractivity contribution in [2.24, 2.45) is 5.41 Å². The summed E-state index contributed by atoms with van der Waals surface area (Å²) >= 11 is 1.86. The summed E-state index contributed by atoms with van der Waals surface area (Å²) in [6.07, 6.45) is 1.33. The van der Waals surface area contributed by atoms with Crippen molar-refractivity contribution in [2.75, 3.05) is 0 Å². The van der Waals surface area contributed by atoms with Crippen molar-refractivity contribution in [2.45, 2.75) is 39.8 Å². The number of rotatable bonds is 3. The van der Waals surface area contributed by atoms with Gasteiger partial charge in [-0.25, -0.2) is 0 Å². The molecule has 0 aromatic carbocycles. The summed E-state index contributed by atoms with van der Waals surface area (Å²) < 4.78 is 0. The lowest BCUT2D eigenvalue weighted by atomic mass is 10.2. The fourth-order valence-corrected chi connectivity index (χ4v) is 2.47. The van der Waals surface area contributed by atoms with Gasteiger partial charge in [0.05, 0.1) is 0 Å². The molecule has 1 fully saturated rings. The maximum atomic E-state index is 3.60. The summed E-state index contributed by atoms with van der Waals surface area (Å²) in [6.45, 7) is 7.89. The number of hydrogen-bond acceptors (Lipinski definition) is 2. The first-order valence-corrected chi connectivity index (χ1v) is 5.74. The minimum absolute atomic E-state index is 0.547. The van der Waals surface area contributed by atoms with E-state index in [0.717, 1.165) is 12.6 Å². The van der Waals surface area contributed by atoms with Crippen LogP contribution in [0.15, 0.2) is 11.4 Å². The van der Waals surface area contributed by atoms with Gasteiger partial charge in [-0.3, -0.25) is 0 Å². The predicted molar refractivity (Wildman–Crippen MR) is 58.1 cm³/mol. The van der Waals surface area contributed by atoms with Crippen LogP contribution in [0.3, 0.4) is 0 Å². The molecule has 2 heteroatoms. The molecule has 1 saturated carbocycles. The summed E-state index contributed by atoms with van der Waals surface area (Å²) in [5, 5.41) is 5.77. The van der Waals surface area contributed by atoms with Crippen molar-refractivity contribution in [3.05, 3.63) is 21.9 Å². The highest BCUT2D eigenvalue weighted by molar-refractivity contribution is 7.10. The third kappa shape index (κ3) is 1.94. The van der Waals surface area contributed by atoms with Crippen molar-refractivity contribution in [1.82, 2.24) is 5.32 Å². The lowest BCUT2D eigenvalue weighted by molar-refractivity contribution is 0.543. The predicted octanol–water partition coefficient (Wildman–Crippen LogP) is 2.94. The fraction of sp³-hybridized carbons (Fsp3) is 0.636. The van der Waals surface area contributed by atoms with E-state index in [2.05, 4.69) is 37.5 Å². The monoisotopic (exact) mass is 195 g/mol. The van der Waals surface area contributed by atoms with E-state index in [9.17, 15) is 0 Å². The largest absolute Gasteiger partial charge is 0.309 e. The Morgan fingerprint density at radius 1 is 1.62 bits per heavy atom. The van der Waals surface area contributed by atoms with Crippen molar-refractivity contribution in [3.8, 4) is 0 Å². The Balaban J connectivity index is 1.85. The van der Waals surface area contributed by atoms with Gasteiger partial charge in [0, 0.05) is 17.5 Å². The Kier molecular flexibility index (Phi) is 2.20. The van der Waals surface area contributed by atoms with E-state index >= 15 is 0 Å². The minimum Gasteiger partial charge on any atom is -0.309 e. The van der Waals surface area contributed by atoms with Crippen LogP contribution in [0, 0.1) is 12.3 Å². The van der Waals surface area contributed by atoms with Crippen molar-refractivity contribution in [1.29, 1.82) is 0 Å². The van der Waals surface area contributed by atoms with Gasteiger partial charge in [0.2, 0.25) is 0 Å². The molecule has 2 rings (SSSR count). The second-order valence-corrected chi connectivity index (χ2v) is 5.65. The quantitative estimate of drug-likeness (QED) is 0.782. The summed E-state index contributed by atoms with van der Waals surface area (Å²) in [4.78, 5) is 1.49. The zero-order valence-corrected chi connectivity index (χ0v) is 9.37. The van der Waals surface area contributed by atoms with Gasteiger partial charge in [-0.15, -0.1) is 11.3 Å². The SMILES string of the molecule is Cc1ccsc1CNC1CC1(C)C. The Bertz CT molecular complexity index is 301. The molecule has 0 saturated heterocycles. The molecule has 1 unspecified atom stereocenters. The standard InChI is InChI=1S/C11H17NS/c1-8-4-5-13-9(8)7-12-10-6-11(10,2)3/h4-5,10,12H,6-7H2,1-3H3. The highest BCUT2D eigenvalue weighted by atomic mass is 32.1. The van der Waals surface area contributed by atoms with E-state index in [0.29, 0.717) is 5.41 Å². The highest BCUT2D eigenvalue weighted by Gasteiger charge is 2.44. The third-order valence-corrected chi connectivity index (χ3v) is 4.01. The van der Waals surface area contributed by atoms with Crippen LogP contribution in [0.25, 0.3) is 0 Å². The Morgan fingerprint density at radius 3 is 2.77 bits per heavy atom. The van der Waals surface area contributed by atoms with Crippen LogP contribution in [0.1, 0.15) is 30.7 Å². The first-order valence-electron chi connectivity index (χ1n) is 4.86. The van der Waals surface area contributed by atoms with Gasteiger partial charge < -0.3 is 5.32 Å². The lowest BCUT2D eigenvalue weighted by Crippen LogP contribution is -2.19. The molecule has 1 atom stereocenters. The van der Waals surface area contributed by atoms with E-state index in [1.165, 1.54) is 16.9 Å². The zero-order valence-electron chi connectivity index (χ0n) is 8.55. The van der Waals surface area contributed by atoms with Gasteiger partial charge in [-0.1, -0.05) is 13.8 Å². The van der Waals surface area contributed by atoms with E-state index in [1.807, 2.05) is 11.3 Å². The van der Waals surface area contributed by atoms with Crippen LogP contribution in [-0.4, -0.2) is 6.04 Å². The molecule has 1 N–H and O–H groups in total. The average Bonchev–Trinajstić information content (AvgIpc) is 2.47. The average molecular weight is 195 g/mol. The molecule has 0 spiro atoms. The van der Waals surface area contributed by atoms with Crippen LogP contribution in [-0.2, 0) is 6.54 Å². The zero-order chi connectivity index (χ0) is 9.47. The Hall–Kier alpha value is -0.340. The van der Waals surface area contributed by atoms with Gasteiger partial charge in [0.25, 0.3) is 0 Å². The van der Waals surface area contributed by atoms with Crippen LogP contribution < -0.4 is 5.32 Å². The molecule has 1 aliphatic carbocycles. The van der Waals surface area contributed by atoms with Crippen LogP contribution >= 0.6 is 11.3 Å². The summed E-state index contributed by atoms with van der Waals surface area (Å²) in [6, 6.07) is 2.94. The molecular formula is C11H17NS. The van der Waals surface area contributed by atoms with E-state index in [4.69, 9.17) is 0 Å². The van der Waals surface area contributed by atoms with Crippen LogP contribution in [0.5, 0.6) is 0 Å². The molecule has 0 bridgehead atoms. The molecule has 13 heavy (non-hydrogen) atoms. The molecule has 1 aliphatic rings. The van der Waals surface area contributed by atoms with E-state index < -0.39 is 0 Å². The Morgan fingerprint density at radius 2 is 2.31 bits per heavy atom. The summed E-state index contributed by atoms with van der Waals surface area (Å²) in [7, 11) is 0. The first kappa shape index (κ1) is 9.22. The molecule has 1 aromatic rings. The van der Waals surface area contributed by atoms with Gasteiger partial charge >= 0.3 is 0 Å². The van der Waals surface area contributed by atoms with E-state index in [1.54, 1.807) is 0 Å². The Labute approximate surface area is 84.2 Å². The lowest BCUT2D eigenvalue weighted by Gasteiger charge is -2.05. The molecule has 0 amide bonds. The molecular weight excluding hydrogens is 178 g/mol. The van der Waals surface area contributed by atoms with Gasteiger partial charge in [0.1, 0.15) is 0 Å². The van der Waals surface area contributed by atoms with Crippen LogP contribution in [0.4, 0.5) is 0 Å². The number of nitrogens with one attached hydrogen (secondary N) is 1. The van der Waals surface area contributed by atoms with Crippen molar-refractivity contribution in [3.63, 3.8) is 0 Å². The molecule has 1 heterocycles. The maximum Gasteiger partial charge on any atom is 0.0305 e. The third-order valence-electron chi connectivity index (χ3n) is 2.99. The van der Waals surface area contributed by atoms with Gasteiger partial charge in [-0.05, 0) is 35.8 Å². The maximum absolute atomic E-state index is 3.60. The molecule has 0 aliphatic heterocycles. The van der Waals surface area contributed by atoms with E-state index in [-0.39, 0.29) is 0 Å². The van der Waals surface area contributed by atoms with Crippen molar-refractivity contribution < 1.29 is 0 Å². The fourth-order valence-electron chi connectivity index (χ4n) is 1.62. The summed E-state index contributed by atoms with van der Waals surface area (Å²) in [5.41, 5.74) is 1.97. The number of aryl methyl sites for hydroxylation is 1. The second-order valence-electron chi connectivity index (χ2n) is 4.65. The second kappa shape index (κ2) is 3.10. The smallest absolute Gasteiger partial charge is 0.0305 e. The molecule has 72 valence electrons. The van der Waals surface area contributed by atoms with Gasteiger partial charge in [0.15, 0.2) is 0 Å². The molecule has 0 radical (unpaired) electrons. The normalized spacial score (nSPS) is 24.7. The van der Waals surface area contributed by atoms with Crippen molar-refractivity contribution >= 4 is 11.3 Å². The van der Waals surface area contributed by atoms with Crippen LogP contribution in [0.2, 0.25) is 0 Å². The topological polar surface area (TPSA) is 12.0 Å². The molecule has 1 nitrogen and oxygen atoms in total. The van der Waals surface area contributed by atoms with Gasteiger partial charge in [-0.2, -0.15) is 0 Å². The minimum atomic E-state index is 0.547.